The van der Waals surface area contributed by atoms with Crippen LogP contribution in [-0.4, -0.2) is 89.5 Å². The van der Waals surface area contributed by atoms with Crippen LogP contribution in [0.15, 0.2) is 0 Å². The van der Waals surface area contributed by atoms with Gasteiger partial charge in [-0.3, -0.25) is 0 Å². The molecule has 0 radical (unpaired) electrons. The van der Waals surface area contributed by atoms with Crippen molar-refractivity contribution in [2.24, 2.45) is 5.41 Å². The molecule has 39 heavy (non-hydrogen) atoms. The minimum Gasteiger partial charge on any atom is -0.421 e. The molecule has 0 amide bonds. The van der Waals surface area contributed by atoms with E-state index in [1.165, 1.54) is 155 Å². The lowest BCUT2D eigenvalue weighted by Gasteiger charge is -2.37. The molecular weight excluding hydrogens is 494 g/mol. The topological polar surface area (TPSA) is 19.0 Å². The number of nitrogens with zero attached hydrogens (tertiary/aromatic N) is 3. The monoisotopic (exact) mass is 570 g/mol. The highest BCUT2D eigenvalue weighted by molar-refractivity contribution is 6.27. The van der Waals surface area contributed by atoms with E-state index in [0.29, 0.717) is 11.5 Å². The molecule has 0 saturated heterocycles. The molecule has 4 nitrogen and oxygen atoms in total. The van der Waals surface area contributed by atoms with Crippen molar-refractivity contribution in [2.75, 3.05) is 58.9 Å². The predicted molar refractivity (Wildman–Crippen MR) is 180 cm³/mol. The van der Waals surface area contributed by atoms with Gasteiger partial charge in [-0.25, -0.2) is 0 Å². The van der Waals surface area contributed by atoms with E-state index in [9.17, 15) is 0 Å². The van der Waals surface area contributed by atoms with Gasteiger partial charge in [-0.05, 0) is 160 Å². The molecule has 5 heteroatoms. The Morgan fingerprint density at radius 1 is 0.487 bits per heavy atom. The third-order valence-corrected chi connectivity index (χ3v) is 10.7. The van der Waals surface area contributed by atoms with Crippen LogP contribution in [0, 0.1) is 5.41 Å². The Morgan fingerprint density at radius 3 is 1.05 bits per heavy atom. The zero-order valence-electron chi connectivity index (χ0n) is 28.5. The lowest BCUT2D eigenvalue weighted by atomic mass is 9.76. The van der Waals surface area contributed by atoms with Crippen LogP contribution >= 0.6 is 0 Å². The van der Waals surface area contributed by atoms with Crippen LogP contribution < -0.4 is 0 Å². The maximum absolute atomic E-state index is 6.62. The average molecular weight is 570 g/mol. The summed E-state index contributed by atoms with van der Waals surface area (Å²) in [6.07, 6.45) is 18.8. The molecule has 0 fully saturated rings. The maximum Gasteiger partial charge on any atom is 0.162 e. The smallest absolute Gasteiger partial charge is 0.162 e. The quantitative estimate of drug-likeness (QED) is 0.0809. The van der Waals surface area contributed by atoms with E-state index in [0.717, 1.165) is 0 Å². The Balaban J connectivity index is 5.62. The fraction of sp³-hybridized carbons (Fsp3) is 1.00. The lowest BCUT2D eigenvalue weighted by Crippen LogP contribution is -2.33. The highest BCUT2D eigenvalue weighted by atomic mass is 28.2. The molecular formula is C34H75N3OSi. The van der Waals surface area contributed by atoms with Crippen molar-refractivity contribution in [3.8, 4) is 0 Å². The van der Waals surface area contributed by atoms with Gasteiger partial charge in [0.1, 0.15) is 0 Å². The van der Waals surface area contributed by atoms with E-state index < -0.39 is 9.76 Å². The molecule has 0 aliphatic rings. The summed E-state index contributed by atoms with van der Waals surface area (Å²) in [5.41, 5.74) is 0.483. The molecule has 0 heterocycles. The van der Waals surface area contributed by atoms with Crippen LogP contribution in [0.25, 0.3) is 0 Å². The summed E-state index contributed by atoms with van der Waals surface area (Å²) in [7, 11) is -0.503. The van der Waals surface area contributed by atoms with Crippen molar-refractivity contribution in [1.29, 1.82) is 0 Å². The van der Waals surface area contributed by atoms with Gasteiger partial charge in [0.05, 0.1) is 0 Å². The average Bonchev–Trinajstić information content (AvgIpc) is 2.92. The molecule has 0 N–H and O–H groups in total. The molecule has 0 bridgehead atoms. The van der Waals surface area contributed by atoms with Gasteiger partial charge in [0.25, 0.3) is 0 Å². The van der Waals surface area contributed by atoms with Gasteiger partial charge in [0.15, 0.2) is 9.76 Å². The van der Waals surface area contributed by atoms with Crippen molar-refractivity contribution < 1.29 is 4.43 Å². The summed E-state index contributed by atoms with van der Waals surface area (Å²) < 4.78 is 6.62. The number of hydrogen-bond donors (Lipinski definition) is 0. The Labute approximate surface area is 250 Å². The second kappa shape index (κ2) is 26.9. The van der Waals surface area contributed by atoms with Crippen LogP contribution in [0.5, 0.6) is 0 Å². The maximum atomic E-state index is 6.62. The molecule has 0 aromatic heterocycles. The number of hydrogen-bond acceptors (Lipinski definition) is 4. The van der Waals surface area contributed by atoms with Gasteiger partial charge in [0, 0.05) is 6.10 Å². The van der Waals surface area contributed by atoms with Crippen molar-refractivity contribution >= 4 is 9.76 Å². The van der Waals surface area contributed by atoms with E-state index >= 15 is 0 Å². The fourth-order valence-corrected chi connectivity index (χ4v) is 8.76. The SMILES string of the molecule is CCCN(CCC)CCCC(CCCN(CCC)CCC)(CCCN(CCC)CCC)C[SiH2]OC(CC)CC. The van der Waals surface area contributed by atoms with Gasteiger partial charge in [-0.1, -0.05) is 55.4 Å². The van der Waals surface area contributed by atoms with Crippen LogP contribution in [0.4, 0.5) is 0 Å². The normalized spacial score (nSPS) is 12.9. The first-order valence-electron chi connectivity index (χ1n) is 17.8. The summed E-state index contributed by atoms with van der Waals surface area (Å²) >= 11 is 0. The van der Waals surface area contributed by atoms with Gasteiger partial charge in [-0.2, -0.15) is 0 Å². The first-order valence-corrected chi connectivity index (χ1v) is 19.3. The van der Waals surface area contributed by atoms with E-state index in [-0.39, 0.29) is 0 Å². The van der Waals surface area contributed by atoms with E-state index in [4.69, 9.17) is 4.43 Å². The van der Waals surface area contributed by atoms with E-state index in [1.807, 2.05) is 0 Å². The summed E-state index contributed by atoms with van der Waals surface area (Å²) in [6, 6.07) is 1.38. The van der Waals surface area contributed by atoms with Crippen molar-refractivity contribution in [3.05, 3.63) is 0 Å². The molecule has 0 aliphatic heterocycles. The van der Waals surface area contributed by atoms with Crippen LogP contribution in [0.1, 0.15) is 145 Å². The molecule has 0 rings (SSSR count). The second-order valence-corrected chi connectivity index (χ2v) is 13.6. The summed E-state index contributed by atoms with van der Waals surface area (Å²) in [4.78, 5) is 8.20. The predicted octanol–water partition coefficient (Wildman–Crippen LogP) is 8.39. The third-order valence-electron chi connectivity index (χ3n) is 8.68. The molecule has 0 atom stereocenters. The second-order valence-electron chi connectivity index (χ2n) is 12.4. The van der Waals surface area contributed by atoms with E-state index in [1.54, 1.807) is 0 Å². The summed E-state index contributed by atoms with van der Waals surface area (Å²) in [6.45, 7) is 30.1. The third kappa shape index (κ3) is 19.7. The lowest BCUT2D eigenvalue weighted by molar-refractivity contribution is 0.159. The summed E-state index contributed by atoms with van der Waals surface area (Å²) in [5, 5.41) is 0. The first kappa shape index (κ1) is 39.1. The largest absolute Gasteiger partial charge is 0.421 e. The Hall–Kier alpha value is 0.0569. The standard InChI is InChI=1S/C34H75N3OSi/c1-9-23-35(24-10-2)29-17-20-34(32-39-38-33(15-7)16-8,21-18-30-36(25-11-3)26-12-4)22-19-31-37(27-13-5)28-14-6/h33H,9-32,39H2,1-8H3. The zero-order chi connectivity index (χ0) is 29.2. The number of rotatable bonds is 30. The van der Waals surface area contributed by atoms with Gasteiger partial charge in [0.2, 0.25) is 0 Å². The molecule has 0 aromatic carbocycles. The molecule has 0 spiro atoms. The van der Waals surface area contributed by atoms with Crippen molar-refractivity contribution in [1.82, 2.24) is 14.7 Å². The Morgan fingerprint density at radius 2 is 0.795 bits per heavy atom. The van der Waals surface area contributed by atoms with Crippen LogP contribution in [0.2, 0.25) is 6.04 Å². The minimum absolute atomic E-state index is 0.483. The Bertz CT molecular complexity index is 430. The minimum atomic E-state index is -0.503. The zero-order valence-corrected chi connectivity index (χ0v) is 29.9. The van der Waals surface area contributed by atoms with Crippen molar-refractivity contribution in [3.63, 3.8) is 0 Å². The summed E-state index contributed by atoms with van der Waals surface area (Å²) in [5.74, 6) is 0. The van der Waals surface area contributed by atoms with Gasteiger partial charge >= 0.3 is 0 Å². The molecule has 236 valence electrons. The highest BCUT2D eigenvalue weighted by Gasteiger charge is 2.30. The first-order chi connectivity index (χ1) is 19.0. The Kier molecular flexibility index (Phi) is 27.0. The van der Waals surface area contributed by atoms with Crippen LogP contribution in [-0.2, 0) is 4.43 Å². The van der Waals surface area contributed by atoms with Crippen LogP contribution in [0.3, 0.4) is 0 Å². The molecule has 0 aromatic rings. The molecule has 0 saturated carbocycles. The fourth-order valence-electron chi connectivity index (χ4n) is 6.65. The highest BCUT2D eigenvalue weighted by Crippen LogP contribution is 2.40. The van der Waals surface area contributed by atoms with Gasteiger partial charge < -0.3 is 19.1 Å². The van der Waals surface area contributed by atoms with E-state index in [2.05, 4.69) is 70.1 Å². The van der Waals surface area contributed by atoms with Crippen molar-refractivity contribution in [2.45, 2.75) is 157 Å². The molecule has 0 unspecified atom stereocenters. The van der Waals surface area contributed by atoms with Gasteiger partial charge in [-0.15, -0.1) is 0 Å². The molecule has 0 aliphatic carbocycles.